The van der Waals surface area contributed by atoms with E-state index < -0.39 is 0 Å². The van der Waals surface area contributed by atoms with Gasteiger partial charge in [0.05, 0.1) is 36.1 Å². The highest BCUT2D eigenvalue weighted by molar-refractivity contribution is 9.10. The number of carbonyl (C=O) groups is 1. The maximum atomic E-state index is 13.3. The normalized spacial score (nSPS) is 20.0. The largest absolute Gasteiger partial charge is 0.496 e. The first kappa shape index (κ1) is 19.8. The number of allylic oxidation sites excluding steroid dienone is 1. The molecule has 2 aliphatic rings. The molecule has 6 heteroatoms. The molecule has 2 N–H and O–H groups in total. The fourth-order valence-electron chi connectivity index (χ4n) is 4.23. The highest BCUT2D eigenvalue weighted by Crippen LogP contribution is 2.48. The molecule has 4 rings (SSSR count). The standard InChI is InChI=1S/C23H25BrN2O3/c1-23(2)11-17-21(18(27)12-23)22(26-16-8-6-5-7-15(16)25-17)13-9-20(29-4)14(24)10-19(13)28-3/h5-10,22,25-26H,11-12H2,1-4H3. The zero-order valence-electron chi connectivity index (χ0n) is 17.1. The van der Waals surface area contributed by atoms with Gasteiger partial charge in [0.25, 0.3) is 0 Å². The number of ether oxygens (including phenoxy) is 2. The second-order valence-electron chi connectivity index (χ2n) is 8.31. The number of rotatable bonds is 3. The summed E-state index contributed by atoms with van der Waals surface area (Å²) in [5.41, 5.74) is 4.43. The lowest BCUT2D eigenvalue weighted by Crippen LogP contribution is -2.31. The maximum Gasteiger partial charge on any atom is 0.163 e. The van der Waals surface area contributed by atoms with Gasteiger partial charge in [0.15, 0.2) is 5.78 Å². The van der Waals surface area contributed by atoms with Crippen LogP contribution in [0.1, 0.15) is 38.3 Å². The smallest absolute Gasteiger partial charge is 0.163 e. The van der Waals surface area contributed by atoms with E-state index in [1.807, 2.05) is 36.4 Å². The van der Waals surface area contributed by atoms with E-state index >= 15 is 0 Å². The molecule has 5 nitrogen and oxygen atoms in total. The summed E-state index contributed by atoms with van der Waals surface area (Å²) in [6.45, 7) is 4.28. The molecule has 2 aromatic carbocycles. The second kappa shape index (κ2) is 7.41. The van der Waals surface area contributed by atoms with Crippen LogP contribution in [0.15, 0.2) is 52.1 Å². The van der Waals surface area contributed by atoms with Gasteiger partial charge in [0.2, 0.25) is 0 Å². The summed E-state index contributed by atoms with van der Waals surface area (Å²) in [6.07, 6.45) is 1.31. The van der Waals surface area contributed by atoms with Gasteiger partial charge in [0.1, 0.15) is 11.5 Å². The number of fused-ring (bicyclic) bond motifs is 1. The monoisotopic (exact) mass is 456 g/mol. The Balaban J connectivity index is 1.94. The van der Waals surface area contributed by atoms with Crippen LogP contribution in [0.2, 0.25) is 0 Å². The molecule has 0 fully saturated rings. The van der Waals surface area contributed by atoms with Crippen LogP contribution in [0, 0.1) is 5.41 Å². The third kappa shape index (κ3) is 3.62. The molecule has 0 aromatic heterocycles. The highest BCUT2D eigenvalue weighted by Gasteiger charge is 2.39. The van der Waals surface area contributed by atoms with Gasteiger partial charge < -0.3 is 20.1 Å². The Labute approximate surface area is 179 Å². The van der Waals surface area contributed by atoms with Gasteiger partial charge in [-0.3, -0.25) is 4.79 Å². The van der Waals surface area contributed by atoms with Crippen LogP contribution in [-0.2, 0) is 4.79 Å². The highest BCUT2D eigenvalue weighted by atomic mass is 79.9. The molecule has 152 valence electrons. The zero-order valence-corrected chi connectivity index (χ0v) is 18.6. The van der Waals surface area contributed by atoms with Crippen LogP contribution in [0.5, 0.6) is 11.5 Å². The van der Waals surface area contributed by atoms with E-state index in [9.17, 15) is 4.79 Å². The molecular formula is C23H25BrN2O3. The number of ketones is 1. The van der Waals surface area contributed by atoms with E-state index in [-0.39, 0.29) is 17.2 Å². The molecule has 1 aliphatic heterocycles. The number of para-hydroxylation sites is 2. The Morgan fingerprint density at radius 2 is 1.72 bits per heavy atom. The lowest BCUT2D eigenvalue weighted by atomic mass is 9.73. The minimum absolute atomic E-state index is 0.0890. The van der Waals surface area contributed by atoms with Crippen molar-refractivity contribution < 1.29 is 14.3 Å². The molecule has 0 spiro atoms. The van der Waals surface area contributed by atoms with Gasteiger partial charge in [-0.1, -0.05) is 26.0 Å². The van der Waals surface area contributed by atoms with Crippen molar-refractivity contribution in [3.63, 3.8) is 0 Å². The lowest BCUT2D eigenvalue weighted by Gasteiger charge is -2.34. The van der Waals surface area contributed by atoms with Crippen molar-refractivity contribution >= 4 is 33.1 Å². The van der Waals surface area contributed by atoms with E-state index in [0.717, 1.165) is 39.1 Å². The van der Waals surface area contributed by atoms with Gasteiger partial charge in [-0.15, -0.1) is 0 Å². The summed E-state index contributed by atoms with van der Waals surface area (Å²) in [6, 6.07) is 11.5. The summed E-state index contributed by atoms with van der Waals surface area (Å²) in [7, 11) is 3.27. The van der Waals surface area contributed by atoms with Crippen LogP contribution in [0.25, 0.3) is 0 Å². The molecule has 0 bridgehead atoms. The third-order valence-electron chi connectivity index (χ3n) is 5.54. The van der Waals surface area contributed by atoms with Crippen molar-refractivity contribution in [2.24, 2.45) is 5.41 Å². The topological polar surface area (TPSA) is 59.6 Å². The Morgan fingerprint density at radius 3 is 2.41 bits per heavy atom. The Hall–Kier alpha value is -2.47. The number of carbonyl (C=O) groups excluding carboxylic acids is 1. The molecule has 0 saturated heterocycles. The number of nitrogens with one attached hydrogen (secondary N) is 2. The zero-order chi connectivity index (χ0) is 20.8. The number of hydrogen-bond acceptors (Lipinski definition) is 5. The summed E-state index contributed by atoms with van der Waals surface area (Å²) < 4.78 is 12.0. The first-order chi connectivity index (χ1) is 13.8. The molecule has 1 heterocycles. The molecule has 1 unspecified atom stereocenters. The van der Waals surface area contributed by atoms with Gasteiger partial charge in [-0.2, -0.15) is 0 Å². The van der Waals surface area contributed by atoms with E-state index in [1.54, 1.807) is 14.2 Å². The number of hydrogen-bond donors (Lipinski definition) is 2. The second-order valence-corrected chi connectivity index (χ2v) is 9.16. The minimum atomic E-state index is -0.346. The van der Waals surface area contributed by atoms with Crippen molar-refractivity contribution in [1.29, 1.82) is 0 Å². The third-order valence-corrected chi connectivity index (χ3v) is 6.16. The predicted molar refractivity (Wildman–Crippen MR) is 119 cm³/mol. The average Bonchev–Trinajstić information content (AvgIpc) is 2.83. The fourth-order valence-corrected chi connectivity index (χ4v) is 4.72. The number of benzene rings is 2. The Bertz CT molecular complexity index is 1010. The van der Waals surface area contributed by atoms with Crippen LogP contribution in [0.3, 0.4) is 0 Å². The van der Waals surface area contributed by atoms with Crippen LogP contribution in [0.4, 0.5) is 11.4 Å². The van der Waals surface area contributed by atoms with Crippen LogP contribution in [-0.4, -0.2) is 20.0 Å². The van der Waals surface area contributed by atoms with Crippen molar-refractivity contribution in [3.05, 3.63) is 57.7 Å². The molecule has 0 amide bonds. The van der Waals surface area contributed by atoms with Crippen molar-refractivity contribution in [3.8, 4) is 11.5 Å². The summed E-state index contributed by atoms with van der Waals surface area (Å²) >= 11 is 3.53. The number of anilines is 2. The van der Waals surface area contributed by atoms with Gasteiger partial charge in [-0.05, 0) is 52.0 Å². The average molecular weight is 457 g/mol. The van der Waals surface area contributed by atoms with Gasteiger partial charge in [-0.25, -0.2) is 0 Å². The quantitative estimate of drug-likeness (QED) is 0.621. The van der Waals surface area contributed by atoms with Crippen molar-refractivity contribution in [2.45, 2.75) is 32.7 Å². The molecule has 0 radical (unpaired) electrons. The molecule has 29 heavy (non-hydrogen) atoms. The molecule has 2 aromatic rings. The van der Waals surface area contributed by atoms with Gasteiger partial charge >= 0.3 is 0 Å². The molecular weight excluding hydrogens is 432 g/mol. The number of methoxy groups -OCH3 is 2. The van der Waals surface area contributed by atoms with Crippen LogP contribution >= 0.6 is 15.9 Å². The maximum absolute atomic E-state index is 13.3. The molecule has 1 atom stereocenters. The SMILES string of the molecule is COc1cc(C2Nc3ccccc3NC3=C2C(=O)CC(C)(C)C3)c(OC)cc1Br. The van der Waals surface area contributed by atoms with E-state index in [0.29, 0.717) is 17.9 Å². The number of Topliss-reactive ketones (excluding diaryl/α,β-unsaturated/α-hetero) is 1. The van der Waals surface area contributed by atoms with E-state index in [2.05, 4.69) is 40.4 Å². The Morgan fingerprint density at radius 1 is 1.03 bits per heavy atom. The van der Waals surface area contributed by atoms with Crippen LogP contribution < -0.4 is 20.1 Å². The predicted octanol–water partition coefficient (Wildman–Crippen LogP) is 5.69. The lowest BCUT2D eigenvalue weighted by molar-refractivity contribution is -0.118. The van der Waals surface area contributed by atoms with Crippen molar-refractivity contribution in [1.82, 2.24) is 0 Å². The summed E-state index contributed by atoms with van der Waals surface area (Å²) in [5, 5.41) is 7.13. The Kier molecular flexibility index (Phi) is 5.07. The molecule has 1 aliphatic carbocycles. The summed E-state index contributed by atoms with van der Waals surface area (Å²) in [4.78, 5) is 13.3. The summed E-state index contributed by atoms with van der Waals surface area (Å²) in [5.74, 6) is 1.54. The number of halogens is 1. The van der Waals surface area contributed by atoms with Crippen molar-refractivity contribution in [2.75, 3.05) is 24.9 Å². The van der Waals surface area contributed by atoms with E-state index in [1.165, 1.54) is 0 Å². The van der Waals surface area contributed by atoms with E-state index in [4.69, 9.17) is 9.47 Å². The first-order valence-corrected chi connectivity index (χ1v) is 10.4. The molecule has 0 saturated carbocycles. The first-order valence-electron chi connectivity index (χ1n) is 9.63. The minimum Gasteiger partial charge on any atom is -0.496 e. The van der Waals surface area contributed by atoms with Gasteiger partial charge in [0, 0.05) is 23.3 Å². The fraction of sp³-hybridized carbons (Fsp3) is 0.348.